The van der Waals surface area contributed by atoms with Gasteiger partial charge in [0.05, 0.1) is 17.1 Å². The summed E-state index contributed by atoms with van der Waals surface area (Å²) in [6.45, 7) is 8.35. The van der Waals surface area contributed by atoms with Crippen LogP contribution in [0.25, 0.3) is 5.69 Å². The summed E-state index contributed by atoms with van der Waals surface area (Å²) >= 11 is 2.80. The van der Waals surface area contributed by atoms with Crippen molar-refractivity contribution >= 4 is 34.8 Å². The molecule has 0 aliphatic carbocycles. The van der Waals surface area contributed by atoms with Crippen LogP contribution in [-0.2, 0) is 10.2 Å². The van der Waals surface area contributed by atoms with Crippen LogP contribution < -0.4 is 5.32 Å². The molecule has 0 aliphatic rings. The van der Waals surface area contributed by atoms with Gasteiger partial charge in [-0.3, -0.25) is 4.79 Å². The molecule has 3 rings (SSSR count). The van der Waals surface area contributed by atoms with E-state index in [9.17, 15) is 4.79 Å². The number of carbonyl (C=O) groups is 1. The number of aryl methyl sites for hydroxylation is 1. The summed E-state index contributed by atoms with van der Waals surface area (Å²) in [5, 5.41) is 15.4. The van der Waals surface area contributed by atoms with Crippen molar-refractivity contribution in [2.45, 2.75) is 37.4 Å². The lowest BCUT2D eigenvalue weighted by Gasteiger charge is -2.14. The minimum Gasteiger partial charge on any atom is -0.310 e. The van der Waals surface area contributed by atoms with Crippen molar-refractivity contribution in [1.29, 1.82) is 0 Å². The Hall–Kier alpha value is -2.19. The van der Waals surface area contributed by atoms with E-state index in [2.05, 4.69) is 36.3 Å². The zero-order valence-corrected chi connectivity index (χ0v) is 16.8. The maximum Gasteiger partial charge on any atom is 0.235 e. The topological polar surface area (TPSA) is 72.7 Å². The third-order valence-corrected chi connectivity index (χ3v) is 5.52. The number of nitrogens with zero attached hydrogens (tertiary/aromatic N) is 4. The summed E-state index contributed by atoms with van der Waals surface area (Å²) < 4.78 is 2.57. The Bertz CT molecular complexity index is 897. The third kappa shape index (κ3) is 4.50. The van der Waals surface area contributed by atoms with Crippen LogP contribution in [-0.4, -0.2) is 31.6 Å². The number of hydrogen-bond acceptors (Lipinski definition) is 6. The number of benzene rings is 1. The predicted octanol–water partition coefficient (Wildman–Crippen LogP) is 4.06. The van der Waals surface area contributed by atoms with Gasteiger partial charge in [0, 0.05) is 11.5 Å². The first kappa shape index (κ1) is 18.6. The Morgan fingerprint density at radius 3 is 2.77 bits per heavy atom. The fraction of sp³-hybridized carbons (Fsp3) is 0.333. The van der Waals surface area contributed by atoms with E-state index in [1.54, 1.807) is 10.2 Å². The van der Waals surface area contributed by atoms with Crippen molar-refractivity contribution in [1.82, 2.24) is 20.0 Å². The average Bonchev–Trinajstić information content (AvgIpc) is 3.22. The van der Waals surface area contributed by atoms with Gasteiger partial charge in [-0.05, 0) is 24.6 Å². The zero-order valence-electron chi connectivity index (χ0n) is 15.2. The van der Waals surface area contributed by atoms with Crippen LogP contribution in [0.4, 0.5) is 5.82 Å². The summed E-state index contributed by atoms with van der Waals surface area (Å²) in [5.74, 6) is 0.849. The van der Waals surface area contributed by atoms with E-state index in [1.165, 1.54) is 23.1 Å². The number of amides is 1. The predicted molar refractivity (Wildman–Crippen MR) is 106 cm³/mol. The second kappa shape index (κ2) is 7.59. The lowest BCUT2D eigenvalue weighted by atomic mass is 9.92. The van der Waals surface area contributed by atoms with E-state index < -0.39 is 0 Å². The van der Waals surface area contributed by atoms with E-state index in [4.69, 9.17) is 5.10 Å². The van der Waals surface area contributed by atoms with E-state index >= 15 is 0 Å². The highest BCUT2D eigenvalue weighted by Gasteiger charge is 2.21. The van der Waals surface area contributed by atoms with Crippen molar-refractivity contribution in [3.8, 4) is 5.69 Å². The smallest absolute Gasteiger partial charge is 0.235 e. The molecule has 0 fully saturated rings. The molecule has 1 N–H and O–H groups in total. The maximum absolute atomic E-state index is 12.4. The number of rotatable bonds is 5. The molecule has 0 aliphatic heterocycles. The Morgan fingerprint density at radius 2 is 2.12 bits per heavy atom. The molecule has 2 heterocycles. The fourth-order valence-corrected chi connectivity index (χ4v) is 3.61. The molecule has 1 amide bonds. The summed E-state index contributed by atoms with van der Waals surface area (Å²) in [4.78, 5) is 12.4. The number of anilines is 1. The van der Waals surface area contributed by atoms with Crippen molar-refractivity contribution in [2.24, 2.45) is 0 Å². The molecular formula is C18H21N5OS2. The molecule has 8 heteroatoms. The number of nitrogens with one attached hydrogen (secondary N) is 1. The van der Waals surface area contributed by atoms with E-state index in [1.807, 2.05) is 37.3 Å². The van der Waals surface area contributed by atoms with Crippen LogP contribution >= 0.6 is 23.1 Å². The van der Waals surface area contributed by atoms with Crippen molar-refractivity contribution in [3.63, 3.8) is 0 Å². The molecule has 0 radical (unpaired) electrons. The SMILES string of the molecule is Cc1cccc(-n2nc(C(C)(C)C)cc2NC(=O)CSc2nncs2)c1. The maximum atomic E-state index is 12.4. The zero-order chi connectivity index (χ0) is 18.7. The number of hydrogen-bond donors (Lipinski definition) is 1. The highest BCUT2D eigenvalue weighted by atomic mass is 32.2. The quantitative estimate of drug-likeness (QED) is 0.668. The van der Waals surface area contributed by atoms with Crippen LogP contribution in [0.2, 0.25) is 0 Å². The standard InChI is InChI=1S/C18H21N5OS2/c1-12-6-5-7-13(8-12)23-15(9-14(22-23)18(2,3)4)20-16(24)10-25-17-21-19-11-26-17/h5-9,11H,10H2,1-4H3,(H,20,24). The van der Waals surface area contributed by atoms with Crippen LogP contribution in [0, 0.1) is 6.92 Å². The number of carbonyl (C=O) groups excluding carboxylic acids is 1. The second-order valence-electron chi connectivity index (χ2n) is 6.96. The summed E-state index contributed by atoms with van der Waals surface area (Å²) in [7, 11) is 0. The van der Waals surface area contributed by atoms with Gasteiger partial charge in [-0.2, -0.15) is 5.10 Å². The lowest BCUT2D eigenvalue weighted by Crippen LogP contribution is -2.17. The van der Waals surface area contributed by atoms with Gasteiger partial charge in [0.15, 0.2) is 4.34 Å². The van der Waals surface area contributed by atoms with Crippen molar-refractivity contribution in [3.05, 3.63) is 47.1 Å². The minimum absolute atomic E-state index is 0.0977. The molecule has 0 saturated carbocycles. The van der Waals surface area contributed by atoms with Gasteiger partial charge in [0.1, 0.15) is 11.3 Å². The first-order chi connectivity index (χ1) is 12.3. The Balaban J connectivity index is 1.84. The van der Waals surface area contributed by atoms with Crippen LogP contribution in [0.1, 0.15) is 32.0 Å². The Labute approximate surface area is 161 Å². The molecule has 136 valence electrons. The summed E-state index contributed by atoms with van der Waals surface area (Å²) in [6.07, 6.45) is 0. The summed E-state index contributed by atoms with van der Waals surface area (Å²) in [5.41, 5.74) is 4.52. The monoisotopic (exact) mass is 387 g/mol. The van der Waals surface area contributed by atoms with Gasteiger partial charge in [0.25, 0.3) is 0 Å². The molecule has 6 nitrogen and oxygen atoms in total. The molecule has 26 heavy (non-hydrogen) atoms. The molecule has 0 atom stereocenters. The van der Waals surface area contributed by atoms with E-state index in [0.717, 1.165) is 21.3 Å². The lowest BCUT2D eigenvalue weighted by molar-refractivity contribution is -0.113. The van der Waals surface area contributed by atoms with Gasteiger partial charge < -0.3 is 5.32 Å². The van der Waals surface area contributed by atoms with E-state index in [-0.39, 0.29) is 17.1 Å². The Morgan fingerprint density at radius 1 is 1.31 bits per heavy atom. The molecule has 0 bridgehead atoms. The Kier molecular flexibility index (Phi) is 5.43. The van der Waals surface area contributed by atoms with Gasteiger partial charge in [-0.25, -0.2) is 4.68 Å². The molecular weight excluding hydrogens is 366 g/mol. The minimum atomic E-state index is -0.115. The molecule has 0 spiro atoms. The molecule has 2 aromatic heterocycles. The highest BCUT2D eigenvalue weighted by molar-refractivity contribution is 8.01. The molecule has 0 unspecified atom stereocenters. The first-order valence-electron chi connectivity index (χ1n) is 8.19. The van der Waals surface area contributed by atoms with Gasteiger partial charge in [0.2, 0.25) is 5.91 Å². The van der Waals surface area contributed by atoms with Crippen LogP contribution in [0.5, 0.6) is 0 Å². The van der Waals surface area contributed by atoms with Crippen LogP contribution in [0.3, 0.4) is 0 Å². The average molecular weight is 388 g/mol. The number of aromatic nitrogens is 4. The molecule has 1 aromatic carbocycles. The van der Waals surface area contributed by atoms with Crippen molar-refractivity contribution in [2.75, 3.05) is 11.1 Å². The summed E-state index contributed by atoms with van der Waals surface area (Å²) in [6, 6.07) is 9.99. The van der Waals surface area contributed by atoms with Crippen LogP contribution in [0.15, 0.2) is 40.2 Å². The second-order valence-corrected chi connectivity index (χ2v) is 9.01. The largest absolute Gasteiger partial charge is 0.310 e. The van der Waals surface area contributed by atoms with Gasteiger partial charge >= 0.3 is 0 Å². The van der Waals surface area contributed by atoms with Gasteiger partial charge in [-0.1, -0.05) is 56.0 Å². The third-order valence-electron chi connectivity index (χ3n) is 3.66. The number of thioether (sulfide) groups is 1. The fourth-order valence-electron chi connectivity index (χ4n) is 2.33. The van der Waals surface area contributed by atoms with E-state index in [0.29, 0.717) is 5.82 Å². The molecule has 0 saturated heterocycles. The first-order valence-corrected chi connectivity index (χ1v) is 10.1. The van der Waals surface area contributed by atoms with Crippen molar-refractivity contribution < 1.29 is 4.79 Å². The van der Waals surface area contributed by atoms with Gasteiger partial charge in [-0.15, -0.1) is 10.2 Å². The molecule has 3 aromatic rings. The normalized spacial score (nSPS) is 11.5. The highest BCUT2D eigenvalue weighted by Crippen LogP contribution is 2.27.